The molecule has 0 unspecified atom stereocenters. The van der Waals surface area contributed by atoms with Gasteiger partial charge in [0, 0.05) is 0 Å². The lowest BCUT2D eigenvalue weighted by Crippen LogP contribution is -2.08. The highest BCUT2D eigenvalue weighted by Gasteiger charge is 2.10. The highest BCUT2D eigenvalue weighted by Crippen LogP contribution is 2.20. The van der Waals surface area contributed by atoms with E-state index in [1.165, 1.54) is 35.6 Å². The number of hydrogen-bond donors (Lipinski definition) is 0. The minimum absolute atomic E-state index is 0.316. The van der Waals surface area contributed by atoms with Crippen molar-refractivity contribution in [3.05, 3.63) is 59.4 Å². The van der Waals surface area contributed by atoms with Crippen LogP contribution in [-0.4, -0.2) is 11.0 Å². The maximum Gasteiger partial charge on any atom is 0.343 e. The van der Waals surface area contributed by atoms with Crippen LogP contribution in [0, 0.1) is 5.82 Å². The lowest BCUT2D eigenvalue weighted by Gasteiger charge is -2.04. The van der Waals surface area contributed by atoms with E-state index in [2.05, 4.69) is 4.98 Å². The molecule has 1 aromatic heterocycles. The van der Waals surface area contributed by atoms with Crippen LogP contribution in [0.3, 0.4) is 0 Å². The van der Waals surface area contributed by atoms with Crippen LogP contribution in [0.5, 0.6) is 5.75 Å². The number of thiazole rings is 1. The molecule has 3 nitrogen and oxygen atoms in total. The number of carbonyl (C=O) groups is 1. The Bertz CT molecular complexity index is 737. The molecule has 0 saturated carbocycles. The number of fused-ring (bicyclic) bond motifs is 1. The molecule has 1 heterocycles. The van der Waals surface area contributed by atoms with E-state index in [0.29, 0.717) is 11.3 Å². The molecule has 0 aliphatic heterocycles. The predicted octanol–water partition coefficient (Wildman–Crippen LogP) is 3.65. The molecule has 2 aromatic carbocycles. The average Bonchev–Trinajstić information content (AvgIpc) is 2.88. The third-order valence-corrected chi connectivity index (χ3v) is 3.38. The summed E-state index contributed by atoms with van der Waals surface area (Å²) in [5, 5.41) is 0. The van der Waals surface area contributed by atoms with Gasteiger partial charge in [0.2, 0.25) is 0 Å². The first-order valence-electron chi connectivity index (χ1n) is 5.53. The molecule has 5 heteroatoms. The Labute approximate surface area is 112 Å². The maximum atomic E-state index is 12.7. The minimum atomic E-state index is -0.470. The van der Waals surface area contributed by atoms with E-state index in [1.807, 2.05) is 0 Å². The Hall–Kier alpha value is -2.27. The first kappa shape index (κ1) is 11.8. The fraction of sp³-hybridized carbons (Fsp3) is 0. The summed E-state index contributed by atoms with van der Waals surface area (Å²) in [5.74, 6) is -0.524. The molecule has 0 bridgehead atoms. The third kappa shape index (κ3) is 2.46. The second kappa shape index (κ2) is 4.78. The first-order chi connectivity index (χ1) is 9.22. The van der Waals surface area contributed by atoms with E-state index in [-0.39, 0.29) is 5.82 Å². The second-order valence-electron chi connectivity index (χ2n) is 3.88. The van der Waals surface area contributed by atoms with Gasteiger partial charge in [0.15, 0.2) is 0 Å². The summed E-state index contributed by atoms with van der Waals surface area (Å²) in [6.07, 6.45) is 0. The van der Waals surface area contributed by atoms with E-state index < -0.39 is 5.97 Å². The third-order valence-electron chi connectivity index (χ3n) is 2.59. The smallest absolute Gasteiger partial charge is 0.343 e. The van der Waals surface area contributed by atoms with Gasteiger partial charge >= 0.3 is 5.97 Å². The standard InChI is InChI=1S/C14H8FNO2S/c15-10-2-4-11(5-3-10)18-14(17)9-1-6-12-13(7-9)19-8-16-12/h1-8H. The summed E-state index contributed by atoms with van der Waals surface area (Å²) in [4.78, 5) is 16.1. The van der Waals surface area contributed by atoms with Crippen LogP contribution in [-0.2, 0) is 0 Å². The van der Waals surface area contributed by atoms with Gasteiger partial charge in [0.1, 0.15) is 11.6 Å². The average molecular weight is 273 g/mol. The number of benzene rings is 2. The Morgan fingerprint density at radius 2 is 1.95 bits per heavy atom. The summed E-state index contributed by atoms with van der Waals surface area (Å²) in [6.45, 7) is 0. The van der Waals surface area contributed by atoms with Crippen LogP contribution in [0.15, 0.2) is 48.0 Å². The zero-order valence-electron chi connectivity index (χ0n) is 9.67. The summed E-state index contributed by atoms with van der Waals surface area (Å²) in [5.41, 5.74) is 3.02. The van der Waals surface area contributed by atoms with Crippen LogP contribution in [0.4, 0.5) is 4.39 Å². The maximum absolute atomic E-state index is 12.7. The van der Waals surface area contributed by atoms with Crippen LogP contribution >= 0.6 is 11.3 Å². The monoisotopic (exact) mass is 273 g/mol. The van der Waals surface area contributed by atoms with Crippen molar-refractivity contribution in [1.82, 2.24) is 4.98 Å². The van der Waals surface area contributed by atoms with E-state index in [4.69, 9.17) is 4.74 Å². The number of ether oxygens (including phenoxy) is 1. The molecule has 0 saturated heterocycles. The number of esters is 1. The highest BCUT2D eigenvalue weighted by molar-refractivity contribution is 7.16. The van der Waals surface area contributed by atoms with Crippen LogP contribution in [0.2, 0.25) is 0 Å². The van der Waals surface area contributed by atoms with Crippen molar-refractivity contribution in [3.63, 3.8) is 0 Å². The van der Waals surface area contributed by atoms with E-state index in [9.17, 15) is 9.18 Å². The van der Waals surface area contributed by atoms with E-state index in [0.717, 1.165) is 10.2 Å². The van der Waals surface area contributed by atoms with E-state index >= 15 is 0 Å². The van der Waals surface area contributed by atoms with Gasteiger partial charge in [0.25, 0.3) is 0 Å². The first-order valence-corrected chi connectivity index (χ1v) is 6.41. The molecule has 0 N–H and O–H groups in total. The van der Waals surface area contributed by atoms with Gasteiger partial charge in [-0.3, -0.25) is 0 Å². The minimum Gasteiger partial charge on any atom is -0.423 e. The normalized spacial score (nSPS) is 10.6. The summed E-state index contributed by atoms with van der Waals surface area (Å²) in [6, 6.07) is 10.5. The van der Waals surface area contributed by atoms with Gasteiger partial charge in [0.05, 0.1) is 21.3 Å². The van der Waals surface area contributed by atoms with Gasteiger partial charge in [-0.15, -0.1) is 11.3 Å². The van der Waals surface area contributed by atoms with Crippen molar-refractivity contribution in [2.24, 2.45) is 0 Å². The molecule has 19 heavy (non-hydrogen) atoms. The summed E-state index contributed by atoms with van der Waals surface area (Å²) in [7, 11) is 0. The number of halogens is 1. The lowest BCUT2D eigenvalue weighted by atomic mass is 10.2. The van der Waals surface area contributed by atoms with Crippen molar-refractivity contribution in [2.45, 2.75) is 0 Å². The topological polar surface area (TPSA) is 39.2 Å². The van der Waals surface area contributed by atoms with Crippen molar-refractivity contribution in [2.75, 3.05) is 0 Å². The van der Waals surface area contributed by atoms with Crippen molar-refractivity contribution in [1.29, 1.82) is 0 Å². The fourth-order valence-electron chi connectivity index (χ4n) is 1.65. The van der Waals surface area contributed by atoms with Crippen LogP contribution in [0.1, 0.15) is 10.4 Å². The zero-order valence-corrected chi connectivity index (χ0v) is 10.5. The molecule has 0 fully saturated rings. The fourth-order valence-corrected chi connectivity index (χ4v) is 2.37. The number of nitrogens with zero attached hydrogens (tertiary/aromatic N) is 1. The van der Waals surface area contributed by atoms with E-state index in [1.54, 1.807) is 23.7 Å². The lowest BCUT2D eigenvalue weighted by molar-refractivity contribution is 0.0735. The highest BCUT2D eigenvalue weighted by atomic mass is 32.1. The molecule has 0 aliphatic rings. The molecule has 0 radical (unpaired) electrons. The Morgan fingerprint density at radius 1 is 1.16 bits per heavy atom. The number of carbonyl (C=O) groups excluding carboxylic acids is 1. The largest absolute Gasteiger partial charge is 0.423 e. The second-order valence-corrected chi connectivity index (χ2v) is 4.76. The molecule has 0 spiro atoms. The summed E-state index contributed by atoms with van der Waals surface area (Å²) >= 11 is 1.46. The Morgan fingerprint density at radius 3 is 2.74 bits per heavy atom. The SMILES string of the molecule is O=C(Oc1ccc(F)cc1)c1ccc2ncsc2c1. The van der Waals surface area contributed by atoms with Gasteiger partial charge in [-0.2, -0.15) is 0 Å². The Balaban J connectivity index is 1.84. The Kier molecular flexibility index (Phi) is 2.97. The van der Waals surface area contributed by atoms with Crippen LogP contribution in [0.25, 0.3) is 10.2 Å². The molecule has 0 amide bonds. The van der Waals surface area contributed by atoms with Gasteiger partial charge in [-0.25, -0.2) is 14.2 Å². The number of rotatable bonds is 2. The van der Waals surface area contributed by atoms with Gasteiger partial charge < -0.3 is 4.74 Å². The number of hydrogen-bond acceptors (Lipinski definition) is 4. The molecule has 94 valence electrons. The van der Waals surface area contributed by atoms with Crippen molar-refractivity contribution >= 4 is 27.5 Å². The molecular weight excluding hydrogens is 265 g/mol. The zero-order chi connectivity index (χ0) is 13.2. The molecule has 0 aliphatic carbocycles. The molecular formula is C14H8FNO2S. The summed E-state index contributed by atoms with van der Waals surface area (Å²) < 4.78 is 18.8. The van der Waals surface area contributed by atoms with Crippen molar-refractivity contribution in [3.8, 4) is 5.75 Å². The van der Waals surface area contributed by atoms with Crippen molar-refractivity contribution < 1.29 is 13.9 Å². The van der Waals surface area contributed by atoms with Crippen LogP contribution < -0.4 is 4.74 Å². The predicted molar refractivity (Wildman–Crippen MR) is 71.0 cm³/mol. The molecule has 3 aromatic rings. The number of aromatic nitrogens is 1. The molecule has 0 atom stereocenters. The van der Waals surface area contributed by atoms with Gasteiger partial charge in [-0.1, -0.05) is 0 Å². The van der Waals surface area contributed by atoms with Gasteiger partial charge in [-0.05, 0) is 42.5 Å². The quantitative estimate of drug-likeness (QED) is 0.528. The molecule has 3 rings (SSSR count).